The molecule has 0 aliphatic heterocycles. The number of carbonyl (C=O) groups excluding carboxylic acids is 1. The highest BCUT2D eigenvalue weighted by atomic mass is 16.5. The molecule has 1 amide bonds. The van der Waals surface area contributed by atoms with Gasteiger partial charge < -0.3 is 15.2 Å². The molecule has 4 nitrogen and oxygen atoms in total. The number of carbonyl (C=O) groups is 1. The van der Waals surface area contributed by atoms with Gasteiger partial charge in [0.05, 0.1) is 19.4 Å². The average molecular weight is 273 g/mol. The van der Waals surface area contributed by atoms with Gasteiger partial charge in [-0.3, -0.25) is 4.79 Å². The normalized spacial score (nSPS) is 13.3. The molecular weight excluding hydrogens is 254 g/mol. The molecule has 0 spiro atoms. The topological polar surface area (TPSA) is 58.6 Å². The number of amides is 1. The Bertz CT molecular complexity index is 538. The Labute approximate surface area is 119 Å². The third kappa shape index (κ3) is 4.29. The van der Waals surface area contributed by atoms with E-state index < -0.39 is 0 Å². The SMILES string of the molecule is COc1ccc(C#CCCO)cc1NC(=O)CC1CC1. The molecule has 1 fully saturated rings. The van der Waals surface area contributed by atoms with Crippen LogP contribution < -0.4 is 10.1 Å². The van der Waals surface area contributed by atoms with E-state index in [0.717, 1.165) is 18.4 Å². The Morgan fingerprint density at radius 1 is 1.50 bits per heavy atom. The Morgan fingerprint density at radius 3 is 2.95 bits per heavy atom. The largest absolute Gasteiger partial charge is 0.495 e. The van der Waals surface area contributed by atoms with Gasteiger partial charge in [0, 0.05) is 18.4 Å². The molecule has 2 N–H and O–H groups in total. The smallest absolute Gasteiger partial charge is 0.224 e. The van der Waals surface area contributed by atoms with Crippen molar-refractivity contribution in [2.45, 2.75) is 25.7 Å². The van der Waals surface area contributed by atoms with Crippen LogP contribution in [0.15, 0.2) is 18.2 Å². The minimum absolute atomic E-state index is 0.0197. The predicted octanol–water partition coefficient (Wildman–Crippen LogP) is 2.17. The first-order chi connectivity index (χ1) is 9.72. The Hall–Kier alpha value is -1.99. The number of aliphatic hydroxyl groups is 1. The summed E-state index contributed by atoms with van der Waals surface area (Å²) in [5.41, 5.74) is 1.44. The second-order valence-corrected chi connectivity index (χ2v) is 4.89. The highest BCUT2D eigenvalue weighted by Gasteiger charge is 2.24. The number of nitrogens with one attached hydrogen (secondary N) is 1. The van der Waals surface area contributed by atoms with Crippen molar-refractivity contribution in [1.29, 1.82) is 0 Å². The van der Waals surface area contributed by atoms with Crippen molar-refractivity contribution in [3.05, 3.63) is 23.8 Å². The highest BCUT2D eigenvalue weighted by Crippen LogP contribution is 2.33. The van der Waals surface area contributed by atoms with Crippen LogP contribution in [0.5, 0.6) is 5.75 Å². The van der Waals surface area contributed by atoms with Crippen molar-refractivity contribution < 1.29 is 14.6 Å². The van der Waals surface area contributed by atoms with Crippen LogP contribution in [0, 0.1) is 17.8 Å². The third-order valence-corrected chi connectivity index (χ3v) is 3.11. The van der Waals surface area contributed by atoms with E-state index in [-0.39, 0.29) is 12.5 Å². The van der Waals surface area contributed by atoms with Crippen LogP contribution >= 0.6 is 0 Å². The van der Waals surface area contributed by atoms with Crippen molar-refractivity contribution in [3.8, 4) is 17.6 Å². The molecule has 1 aromatic rings. The first-order valence-electron chi connectivity index (χ1n) is 6.80. The fourth-order valence-electron chi connectivity index (χ4n) is 1.89. The molecule has 0 atom stereocenters. The number of anilines is 1. The van der Waals surface area contributed by atoms with Gasteiger partial charge in [-0.2, -0.15) is 0 Å². The summed E-state index contributed by atoms with van der Waals surface area (Å²) in [6.45, 7) is 0.0497. The molecule has 1 saturated carbocycles. The summed E-state index contributed by atoms with van der Waals surface area (Å²) in [7, 11) is 1.57. The van der Waals surface area contributed by atoms with E-state index in [1.165, 1.54) is 0 Å². The molecule has 1 aromatic carbocycles. The molecule has 1 aliphatic carbocycles. The molecule has 0 bridgehead atoms. The standard InChI is InChI=1S/C16H19NO3/c1-20-15-8-7-12(4-2-3-9-18)10-14(15)17-16(19)11-13-5-6-13/h7-8,10,13,18H,3,5-6,9,11H2,1H3,(H,17,19). The first-order valence-corrected chi connectivity index (χ1v) is 6.80. The molecule has 0 aromatic heterocycles. The summed E-state index contributed by atoms with van der Waals surface area (Å²) >= 11 is 0. The summed E-state index contributed by atoms with van der Waals surface area (Å²) in [4.78, 5) is 11.9. The van der Waals surface area contributed by atoms with Crippen molar-refractivity contribution in [1.82, 2.24) is 0 Å². The fourth-order valence-corrected chi connectivity index (χ4v) is 1.89. The number of hydrogen-bond donors (Lipinski definition) is 2. The lowest BCUT2D eigenvalue weighted by atomic mass is 10.1. The minimum Gasteiger partial charge on any atom is -0.495 e. The number of rotatable bonds is 5. The lowest BCUT2D eigenvalue weighted by Gasteiger charge is -2.10. The maximum atomic E-state index is 11.9. The van der Waals surface area contributed by atoms with Gasteiger partial charge in [0.15, 0.2) is 0 Å². The van der Waals surface area contributed by atoms with E-state index in [9.17, 15) is 4.79 Å². The summed E-state index contributed by atoms with van der Waals surface area (Å²) in [6.07, 6.45) is 3.31. The molecule has 2 rings (SSSR count). The number of hydrogen-bond acceptors (Lipinski definition) is 3. The van der Waals surface area contributed by atoms with Gasteiger partial charge in [-0.05, 0) is 37.0 Å². The van der Waals surface area contributed by atoms with Crippen LogP contribution in [0.25, 0.3) is 0 Å². The Balaban J connectivity index is 2.09. The molecule has 1 aliphatic rings. The first kappa shape index (κ1) is 14.4. The van der Waals surface area contributed by atoms with Gasteiger partial charge in [-0.15, -0.1) is 0 Å². The number of aliphatic hydroxyl groups excluding tert-OH is 1. The van der Waals surface area contributed by atoms with Crippen LogP contribution in [0.4, 0.5) is 5.69 Å². The van der Waals surface area contributed by atoms with Gasteiger partial charge in [0.25, 0.3) is 0 Å². The molecule has 0 radical (unpaired) electrons. The van der Waals surface area contributed by atoms with Gasteiger partial charge in [0.1, 0.15) is 5.75 Å². The molecule has 4 heteroatoms. The summed E-state index contributed by atoms with van der Waals surface area (Å²) in [5, 5.41) is 11.6. The average Bonchev–Trinajstić information content (AvgIpc) is 3.23. The van der Waals surface area contributed by atoms with Crippen molar-refractivity contribution in [2.75, 3.05) is 19.0 Å². The molecule has 0 unspecified atom stereocenters. The lowest BCUT2D eigenvalue weighted by molar-refractivity contribution is -0.116. The molecule has 20 heavy (non-hydrogen) atoms. The number of benzene rings is 1. The van der Waals surface area contributed by atoms with Crippen LogP contribution in [-0.4, -0.2) is 24.7 Å². The Morgan fingerprint density at radius 2 is 2.30 bits per heavy atom. The second-order valence-electron chi connectivity index (χ2n) is 4.89. The van der Waals surface area contributed by atoms with Gasteiger partial charge in [0.2, 0.25) is 5.91 Å². The number of methoxy groups -OCH3 is 1. The minimum atomic E-state index is 0.0197. The van der Waals surface area contributed by atoms with Gasteiger partial charge in [-0.1, -0.05) is 11.8 Å². The van der Waals surface area contributed by atoms with Crippen molar-refractivity contribution >= 4 is 11.6 Å². The van der Waals surface area contributed by atoms with E-state index in [1.807, 2.05) is 6.07 Å². The van der Waals surface area contributed by atoms with E-state index in [1.54, 1.807) is 19.2 Å². The second kappa shape index (κ2) is 6.97. The lowest BCUT2D eigenvalue weighted by Crippen LogP contribution is -2.12. The van der Waals surface area contributed by atoms with Crippen LogP contribution in [-0.2, 0) is 4.79 Å². The van der Waals surface area contributed by atoms with E-state index >= 15 is 0 Å². The van der Waals surface area contributed by atoms with E-state index in [0.29, 0.717) is 30.2 Å². The van der Waals surface area contributed by atoms with Gasteiger partial charge >= 0.3 is 0 Å². The van der Waals surface area contributed by atoms with E-state index in [4.69, 9.17) is 9.84 Å². The van der Waals surface area contributed by atoms with Crippen molar-refractivity contribution in [3.63, 3.8) is 0 Å². The fraction of sp³-hybridized carbons (Fsp3) is 0.438. The monoisotopic (exact) mass is 273 g/mol. The molecular formula is C16H19NO3. The van der Waals surface area contributed by atoms with Crippen LogP contribution in [0.2, 0.25) is 0 Å². The van der Waals surface area contributed by atoms with E-state index in [2.05, 4.69) is 17.2 Å². The third-order valence-electron chi connectivity index (χ3n) is 3.11. The van der Waals surface area contributed by atoms with Gasteiger partial charge in [-0.25, -0.2) is 0 Å². The summed E-state index contributed by atoms with van der Waals surface area (Å²) in [5.74, 6) is 7.00. The van der Waals surface area contributed by atoms with Crippen molar-refractivity contribution in [2.24, 2.45) is 5.92 Å². The maximum Gasteiger partial charge on any atom is 0.224 e. The van der Waals surface area contributed by atoms with Crippen LogP contribution in [0.3, 0.4) is 0 Å². The quantitative estimate of drug-likeness (QED) is 0.808. The number of ether oxygens (including phenoxy) is 1. The van der Waals surface area contributed by atoms with Crippen LogP contribution in [0.1, 0.15) is 31.2 Å². The predicted molar refractivity (Wildman–Crippen MR) is 77.5 cm³/mol. The Kier molecular flexibility index (Phi) is 5.03. The zero-order valence-electron chi connectivity index (χ0n) is 11.6. The molecule has 0 saturated heterocycles. The summed E-state index contributed by atoms with van der Waals surface area (Å²) < 4.78 is 5.24. The zero-order chi connectivity index (χ0) is 14.4. The zero-order valence-corrected chi connectivity index (χ0v) is 11.6. The summed E-state index contributed by atoms with van der Waals surface area (Å²) in [6, 6.07) is 5.42. The maximum absolute atomic E-state index is 11.9. The molecule has 0 heterocycles. The highest BCUT2D eigenvalue weighted by molar-refractivity contribution is 5.92. The molecule has 106 valence electrons.